The van der Waals surface area contributed by atoms with Crippen LogP contribution in [-0.4, -0.2) is 35.4 Å². The van der Waals surface area contributed by atoms with Crippen LogP contribution in [0.4, 0.5) is 5.69 Å². The van der Waals surface area contributed by atoms with Crippen molar-refractivity contribution in [2.45, 2.75) is 57.9 Å². The molecule has 38 heavy (non-hydrogen) atoms. The maximum atomic E-state index is 13.9. The first-order valence-electron chi connectivity index (χ1n) is 13.9. The van der Waals surface area contributed by atoms with Gasteiger partial charge >= 0.3 is 5.97 Å². The molecule has 0 spiro atoms. The molecule has 7 nitrogen and oxygen atoms in total. The van der Waals surface area contributed by atoms with Crippen LogP contribution in [0.2, 0.25) is 0 Å². The molecule has 4 saturated carbocycles. The Hall–Kier alpha value is -3.61. The van der Waals surface area contributed by atoms with Crippen LogP contribution in [-0.2, 0) is 20.7 Å². The van der Waals surface area contributed by atoms with Crippen molar-refractivity contribution in [2.24, 2.45) is 23.2 Å². The van der Waals surface area contributed by atoms with E-state index >= 15 is 0 Å². The van der Waals surface area contributed by atoms with Crippen LogP contribution in [0.3, 0.4) is 0 Å². The minimum Gasteiger partial charge on any atom is -0.462 e. The number of ether oxygens (including phenoxy) is 1. The van der Waals surface area contributed by atoms with E-state index in [-0.39, 0.29) is 17.2 Å². The first kappa shape index (κ1) is 24.7. The maximum absolute atomic E-state index is 13.9. The summed E-state index contributed by atoms with van der Waals surface area (Å²) < 4.78 is 5.05. The molecule has 7 heteroatoms. The molecule has 1 aromatic heterocycles. The number of esters is 1. The van der Waals surface area contributed by atoms with Crippen LogP contribution in [0, 0.1) is 23.2 Å². The maximum Gasteiger partial charge on any atom is 0.338 e. The van der Waals surface area contributed by atoms with E-state index in [1.165, 1.54) is 19.3 Å². The minimum absolute atomic E-state index is 0.0363. The summed E-state index contributed by atoms with van der Waals surface area (Å²) in [5, 5.41) is 7.22. The van der Waals surface area contributed by atoms with Gasteiger partial charge in [0, 0.05) is 34.6 Å². The van der Waals surface area contributed by atoms with Crippen LogP contribution in [0.1, 0.15) is 61.4 Å². The van der Waals surface area contributed by atoms with Crippen LogP contribution >= 0.6 is 0 Å². The number of rotatable bonds is 8. The summed E-state index contributed by atoms with van der Waals surface area (Å²) in [7, 11) is 0. The molecule has 4 aliphatic carbocycles. The van der Waals surface area contributed by atoms with Crippen molar-refractivity contribution in [2.75, 3.05) is 11.9 Å². The molecule has 3 N–H and O–H groups in total. The molecule has 7 rings (SSSR count). The third-order valence-corrected chi connectivity index (χ3v) is 8.90. The number of aromatic amines is 1. The summed E-state index contributed by atoms with van der Waals surface area (Å²) in [6, 6.07) is 13.9. The Bertz CT molecular complexity index is 1320. The Labute approximate surface area is 222 Å². The van der Waals surface area contributed by atoms with Crippen LogP contribution in [0.15, 0.2) is 54.7 Å². The molecule has 0 saturated heterocycles. The number of hydrogen-bond acceptors (Lipinski definition) is 4. The molecule has 1 heterocycles. The smallest absolute Gasteiger partial charge is 0.338 e. The molecule has 4 aliphatic rings. The van der Waals surface area contributed by atoms with Crippen molar-refractivity contribution in [1.29, 1.82) is 0 Å². The van der Waals surface area contributed by atoms with Gasteiger partial charge in [-0.05, 0) is 99.1 Å². The zero-order valence-corrected chi connectivity index (χ0v) is 21.8. The predicted octanol–water partition coefficient (Wildman–Crippen LogP) is 5.23. The van der Waals surface area contributed by atoms with E-state index in [1.807, 2.05) is 30.5 Å². The molecule has 3 aromatic rings. The van der Waals surface area contributed by atoms with E-state index in [0.717, 1.165) is 35.7 Å². The number of nitrogens with one attached hydrogen (secondary N) is 3. The summed E-state index contributed by atoms with van der Waals surface area (Å²) in [6.45, 7) is 2.06. The summed E-state index contributed by atoms with van der Waals surface area (Å²) in [5.74, 6) is 1.30. The fraction of sp³-hybridized carbons (Fsp3) is 0.452. The number of amides is 2. The average molecular weight is 514 g/mol. The van der Waals surface area contributed by atoms with Crippen LogP contribution in [0.5, 0.6) is 0 Å². The average Bonchev–Trinajstić information content (AvgIpc) is 3.31. The Kier molecular flexibility index (Phi) is 6.46. The number of carbonyl (C=O) groups excluding carboxylic acids is 3. The van der Waals surface area contributed by atoms with Gasteiger partial charge < -0.3 is 20.4 Å². The van der Waals surface area contributed by atoms with E-state index in [0.29, 0.717) is 42.0 Å². The number of benzene rings is 2. The van der Waals surface area contributed by atoms with Crippen molar-refractivity contribution < 1.29 is 19.1 Å². The van der Waals surface area contributed by atoms with E-state index in [1.54, 1.807) is 31.2 Å². The van der Waals surface area contributed by atoms with Crippen molar-refractivity contribution in [1.82, 2.24) is 10.3 Å². The Morgan fingerprint density at radius 3 is 2.29 bits per heavy atom. The molecule has 1 atom stereocenters. The van der Waals surface area contributed by atoms with Crippen molar-refractivity contribution in [3.8, 4) is 0 Å². The topological polar surface area (TPSA) is 100 Å². The molecule has 4 fully saturated rings. The van der Waals surface area contributed by atoms with Gasteiger partial charge in [-0.25, -0.2) is 4.79 Å². The lowest BCUT2D eigenvalue weighted by atomic mass is 9.49. The highest BCUT2D eigenvalue weighted by Gasteiger charge is 2.55. The molecule has 4 bridgehead atoms. The summed E-state index contributed by atoms with van der Waals surface area (Å²) in [6.07, 6.45) is 8.92. The lowest BCUT2D eigenvalue weighted by molar-refractivity contribution is -0.148. The number of H-pyrrole nitrogens is 1. The largest absolute Gasteiger partial charge is 0.462 e. The standard InChI is InChI=1S/C31H35N3O4/c1-2-38-29(36)22-7-9-24(10-8-22)33-28(35)27(14-23-18-32-26-6-4-3-5-25(23)26)34-30(37)31-15-19-11-20(16-31)13-21(12-19)17-31/h3-10,18-21,27,32H,2,11-17H2,1H3,(H,33,35)(H,34,37)/t19?,20?,21?,27-,31?/m1/s1. The van der Waals surface area contributed by atoms with Crippen LogP contribution in [0.25, 0.3) is 10.9 Å². The Balaban J connectivity index is 1.23. The van der Waals surface area contributed by atoms with Crippen molar-refractivity contribution in [3.05, 3.63) is 65.9 Å². The Morgan fingerprint density at radius 1 is 0.974 bits per heavy atom. The van der Waals surface area contributed by atoms with E-state index in [2.05, 4.69) is 15.6 Å². The summed E-state index contributed by atoms with van der Waals surface area (Å²) in [5.41, 5.74) is 2.65. The number of hydrogen-bond donors (Lipinski definition) is 3. The third-order valence-electron chi connectivity index (χ3n) is 8.90. The second-order valence-electron chi connectivity index (χ2n) is 11.6. The second kappa shape index (κ2) is 9.93. The number of fused-ring (bicyclic) bond motifs is 1. The molecular formula is C31H35N3O4. The monoisotopic (exact) mass is 513 g/mol. The van der Waals surface area contributed by atoms with Gasteiger partial charge in [-0.15, -0.1) is 0 Å². The van der Waals surface area contributed by atoms with Gasteiger partial charge in [-0.3, -0.25) is 9.59 Å². The van der Waals surface area contributed by atoms with Gasteiger partial charge in [0.2, 0.25) is 11.8 Å². The van der Waals surface area contributed by atoms with Crippen molar-refractivity contribution in [3.63, 3.8) is 0 Å². The highest BCUT2D eigenvalue weighted by atomic mass is 16.5. The Morgan fingerprint density at radius 2 is 1.63 bits per heavy atom. The zero-order chi connectivity index (χ0) is 26.3. The molecular weight excluding hydrogens is 478 g/mol. The first-order chi connectivity index (χ1) is 18.4. The molecule has 2 amide bonds. The normalized spacial score (nSPS) is 26.2. The van der Waals surface area contributed by atoms with E-state index in [9.17, 15) is 14.4 Å². The molecule has 198 valence electrons. The predicted molar refractivity (Wildman–Crippen MR) is 146 cm³/mol. The minimum atomic E-state index is -0.723. The highest BCUT2D eigenvalue weighted by molar-refractivity contribution is 5.99. The summed E-state index contributed by atoms with van der Waals surface area (Å²) >= 11 is 0. The lowest BCUT2D eigenvalue weighted by Gasteiger charge is -2.55. The lowest BCUT2D eigenvalue weighted by Crippen LogP contribution is -2.57. The van der Waals surface area contributed by atoms with Gasteiger partial charge in [0.1, 0.15) is 6.04 Å². The van der Waals surface area contributed by atoms with Crippen LogP contribution < -0.4 is 10.6 Å². The van der Waals surface area contributed by atoms with E-state index in [4.69, 9.17) is 4.74 Å². The molecule has 0 unspecified atom stereocenters. The SMILES string of the molecule is CCOC(=O)c1ccc(NC(=O)[C@@H](Cc2c[nH]c3ccccc23)NC(=O)C23CC4CC(CC(C4)C2)C3)cc1. The number of aromatic nitrogens is 1. The molecule has 0 radical (unpaired) electrons. The molecule has 0 aliphatic heterocycles. The second-order valence-corrected chi connectivity index (χ2v) is 11.6. The number of carbonyl (C=O) groups is 3. The third kappa shape index (κ3) is 4.70. The van der Waals surface area contributed by atoms with Gasteiger partial charge in [-0.1, -0.05) is 18.2 Å². The van der Waals surface area contributed by atoms with Gasteiger partial charge in [0.05, 0.1) is 12.2 Å². The zero-order valence-electron chi connectivity index (χ0n) is 21.8. The van der Waals surface area contributed by atoms with Crippen molar-refractivity contribution >= 4 is 34.4 Å². The number of para-hydroxylation sites is 1. The fourth-order valence-corrected chi connectivity index (χ4v) is 7.56. The quantitative estimate of drug-likeness (QED) is 0.359. The van der Waals surface area contributed by atoms with Gasteiger partial charge in [-0.2, -0.15) is 0 Å². The fourth-order valence-electron chi connectivity index (χ4n) is 7.56. The van der Waals surface area contributed by atoms with Gasteiger partial charge in [0.15, 0.2) is 0 Å². The first-order valence-corrected chi connectivity index (χ1v) is 13.9. The number of anilines is 1. The highest BCUT2D eigenvalue weighted by Crippen LogP contribution is 2.60. The van der Waals surface area contributed by atoms with E-state index < -0.39 is 12.0 Å². The van der Waals surface area contributed by atoms with Gasteiger partial charge in [0.25, 0.3) is 0 Å². The molecule has 2 aromatic carbocycles. The summed E-state index contributed by atoms with van der Waals surface area (Å²) in [4.78, 5) is 42.8.